The van der Waals surface area contributed by atoms with Crippen LogP contribution in [0.5, 0.6) is 17.2 Å². The Morgan fingerprint density at radius 3 is 2.45 bits per heavy atom. The fourth-order valence-electron chi connectivity index (χ4n) is 2.80. The van der Waals surface area contributed by atoms with Crippen molar-refractivity contribution in [1.82, 2.24) is 9.55 Å². The van der Waals surface area contributed by atoms with Crippen LogP contribution < -0.4 is 25.1 Å². The van der Waals surface area contributed by atoms with Crippen molar-refractivity contribution < 1.29 is 19.0 Å². The fourth-order valence-corrected chi connectivity index (χ4v) is 2.80. The van der Waals surface area contributed by atoms with Gasteiger partial charge in [-0.2, -0.15) is 0 Å². The number of anilines is 1. The SMILES string of the molecule is COc1ccc(OC)c(NC(=O)Cn2cnc(-c3ccccc3OC)cc2=O)c1. The van der Waals surface area contributed by atoms with E-state index in [1.54, 1.807) is 31.4 Å². The second kappa shape index (κ2) is 8.92. The summed E-state index contributed by atoms with van der Waals surface area (Å²) in [7, 11) is 4.58. The van der Waals surface area contributed by atoms with E-state index in [4.69, 9.17) is 14.2 Å². The lowest BCUT2D eigenvalue weighted by Gasteiger charge is -2.12. The monoisotopic (exact) mass is 395 g/mol. The molecule has 0 fully saturated rings. The molecule has 0 aliphatic rings. The van der Waals surface area contributed by atoms with E-state index in [0.717, 1.165) is 0 Å². The van der Waals surface area contributed by atoms with Gasteiger partial charge in [-0.15, -0.1) is 0 Å². The molecule has 1 N–H and O–H groups in total. The maximum absolute atomic E-state index is 12.5. The highest BCUT2D eigenvalue weighted by molar-refractivity contribution is 5.92. The Bertz CT molecular complexity index is 1080. The van der Waals surface area contributed by atoms with Crippen LogP contribution in [0.15, 0.2) is 59.7 Å². The quantitative estimate of drug-likeness (QED) is 0.661. The van der Waals surface area contributed by atoms with Gasteiger partial charge in [0.15, 0.2) is 0 Å². The predicted octanol–water partition coefficient (Wildman–Crippen LogP) is 2.57. The van der Waals surface area contributed by atoms with Crippen LogP contribution >= 0.6 is 0 Å². The van der Waals surface area contributed by atoms with Crippen molar-refractivity contribution in [1.29, 1.82) is 0 Å². The van der Waals surface area contributed by atoms with Crippen LogP contribution in [-0.4, -0.2) is 36.8 Å². The number of para-hydroxylation sites is 1. The van der Waals surface area contributed by atoms with E-state index in [0.29, 0.717) is 34.2 Å². The van der Waals surface area contributed by atoms with Gasteiger partial charge in [-0.1, -0.05) is 12.1 Å². The van der Waals surface area contributed by atoms with E-state index in [-0.39, 0.29) is 12.1 Å². The predicted molar refractivity (Wildman–Crippen MR) is 109 cm³/mol. The molecule has 0 saturated carbocycles. The van der Waals surface area contributed by atoms with E-state index in [2.05, 4.69) is 10.3 Å². The lowest BCUT2D eigenvalue weighted by molar-refractivity contribution is -0.116. The smallest absolute Gasteiger partial charge is 0.254 e. The Hall–Kier alpha value is -3.81. The number of ether oxygens (including phenoxy) is 3. The maximum atomic E-state index is 12.5. The molecule has 150 valence electrons. The van der Waals surface area contributed by atoms with Crippen LogP contribution in [0.3, 0.4) is 0 Å². The summed E-state index contributed by atoms with van der Waals surface area (Å²) < 4.78 is 16.9. The molecule has 1 amide bonds. The zero-order valence-electron chi connectivity index (χ0n) is 16.3. The number of carbonyl (C=O) groups excluding carboxylic acids is 1. The number of nitrogens with one attached hydrogen (secondary N) is 1. The molecule has 2 aromatic carbocycles. The number of hydrogen-bond donors (Lipinski definition) is 1. The number of carbonyl (C=O) groups is 1. The van der Waals surface area contributed by atoms with Crippen LogP contribution in [0.4, 0.5) is 5.69 Å². The van der Waals surface area contributed by atoms with Crippen molar-refractivity contribution >= 4 is 11.6 Å². The number of nitrogens with zero attached hydrogens (tertiary/aromatic N) is 2. The van der Waals surface area contributed by atoms with Gasteiger partial charge in [0, 0.05) is 17.7 Å². The minimum Gasteiger partial charge on any atom is -0.497 e. The Balaban J connectivity index is 1.79. The maximum Gasteiger partial charge on any atom is 0.254 e. The van der Waals surface area contributed by atoms with Gasteiger partial charge in [0.2, 0.25) is 5.91 Å². The Labute approximate surface area is 167 Å². The first-order valence-corrected chi connectivity index (χ1v) is 8.77. The molecule has 8 nitrogen and oxygen atoms in total. The van der Waals surface area contributed by atoms with Gasteiger partial charge in [0.1, 0.15) is 23.8 Å². The molecule has 0 aliphatic heterocycles. The molecule has 0 saturated heterocycles. The topological polar surface area (TPSA) is 91.7 Å². The lowest BCUT2D eigenvalue weighted by atomic mass is 10.1. The molecule has 29 heavy (non-hydrogen) atoms. The van der Waals surface area contributed by atoms with Gasteiger partial charge in [0.25, 0.3) is 5.56 Å². The molecule has 3 rings (SSSR count). The molecule has 0 spiro atoms. The summed E-state index contributed by atoms with van der Waals surface area (Å²) in [6, 6.07) is 13.7. The molecule has 0 unspecified atom stereocenters. The van der Waals surface area contributed by atoms with Crippen molar-refractivity contribution in [3.63, 3.8) is 0 Å². The standard InChI is InChI=1S/C21H21N3O5/c1-27-14-8-9-19(29-3)17(10-14)23-20(25)12-24-13-22-16(11-21(24)26)15-6-4-5-7-18(15)28-2/h4-11,13H,12H2,1-3H3,(H,23,25). The molecule has 8 heteroatoms. The third kappa shape index (κ3) is 4.55. The average Bonchev–Trinajstić information content (AvgIpc) is 2.75. The Morgan fingerprint density at radius 1 is 1.00 bits per heavy atom. The highest BCUT2D eigenvalue weighted by Gasteiger charge is 2.12. The van der Waals surface area contributed by atoms with Gasteiger partial charge in [0.05, 0.1) is 39.0 Å². The highest BCUT2D eigenvalue weighted by atomic mass is 16.5. The van der Waals surface area contributed by atoms with Crippen molar-refractivity contribution in [3.8, 4) is 28.5 Å². The van der Waals surface area contributed by atoms with Crippen molar-refractivity contribution in [3.05, 3.63) is 65.2 Å². The minimum atomic E-state index is -0.398. The Kier molecular flexibility index (Phi) is 6.13. The minimum absolute atomic E-state index is 0.196. The molecule has 0 radical (unpaired) electrons. The summed E-state index contributed by atoms with van der Waals surface area (Å²) in [5.74, 6) is 1.27. The van der Waals surface area contributed by atoms with E-state index in [9.17, 15) is 9.59 Å². The summed E-state index contributed by atoms with van der Waals surface area (Å²) in [4.78, 5) is 29.2. The van der Waals surface area contributed by atoms with E-state index in [1.807, 2.05) is 18.2 Å². The normalized spacial score (nSPS) is 10.3. The van der Waals surface area contributed by atoms with Crippen molar-refractivity contribution in [2.75, 3.05) is 26.6 Å². The van der Waals surface area contributed by atoms with Crippen molar-refractivity contribution in [2.45, 2.75) is 6.54 Å². The van der Waals surface area contributed by atoms with Crippen LogP contribution in [0.1, 0.15) is 0 Å². The largest absolute Gasteiger partial charge is 0.497 e. The molecule has 0 aliphatic carbocycles. The van der Waals surface area contributed by atoms with Crippen LogP contribution in [0.25, 0.3) is 11.3 Å². The summed E-state index contributed by atoms with van der Waals surface area (Å²) in [5, 5.41) is 2.72. The summed E-state index contributed by atoms with van der Waals surface area (Å²) in [6.07, 6.45) is 1.34. The first-order chi connectivity index (χ1) is 14.0. The molecule has 3 aromatic rings. The second-order valence-corrected chi connectivity index (χ2v) is 6.05. The molecule has 0 bridgehead atoms. The summed E-state index contributed by atoms with van der Waals surface area (Å²) in [6.45, 7) is -0.196. The van der Waals surface area contributed by atoms with E-state index < -0.39 is 5.91 Å². The molecule has 1 aromatic heterocycles. The number of hydrogen-bond acceptors (Lipinski definition) is 6. The van der Waals surface area contributed by atoms with Crippen LogP contribution in [0, 0.1) is 0 Å². The lowest BCUT2D eigenvalue weighted by Crippen LogP contribution is -2.27. The average molecular weight is 395 g/mol. The summed E-state index contributed by atoms with van der Waals surface area (Å²) in [5.41, 5.74) is 1.26. The third-order valence-electron chi connectivity index (χ3n) is 4.26. The zero-order valence-corrected chi connectivity index (χ0v) is 16.3. The highest BCUT2D eigenvalue weighted by Crippen LogP contribution is 2.29. The Morgan fingerprint density at radius 2 is 1.76 bits per heavy atom. The summed E-state index contributed by atoms with van der Waals surface area (Å²) >= 11 is 0. The van der Waals surface area contributed by atoms with Gasteiger partial charge >= 0.3 is 0 Å². The van der Waals surface area contributed by atoms with Crippen LogP contribution in [0.2, 0.25) is 0 Å². The van der Waals surface area contributed by atoms with E-state index >= 15 is 0 Å². The molecule has 1 heterocycles. The number of methoxy groups -OCH3 is 3. The number of benzene rings is 2. The molecular weight excluding hydrogens is 374 g/mol. The number of aromatic nitrogens is 2. The van der Waals surface area contributed by atoms with Crippen LogP contribution in [-0.2, 0) is 11.3 Å². The van der Waals surface area contributed by atoms with Gasteiger partial charge in [-0.05, 0) is 24.3 Å². The first-order valence-electron chi connectivity index (χ1n) is 8.77. The van der Waals surface area contributed by atoms with Crippen molar-refractivity contribution in [2.24, 2.45) is 0 Å². The van der Waals surface area contributed by atoms with Gasteiger partial charge < -0.3 is 19.5 Å². The van der Waals surface area contributed by atoms with E-state index in [1.165, 1.54) is 31.2 Å². The number of rotatable bonds is 7. The number of amides is 1. The second-order valence-electron chi connectivity index (χ2n) is 6.05. The molecular formula is C21H21N3O5. The first kappa shape index (κ1) is 19.9. The fraction of sp³-hybridized carbons (Fsp3) is 0.190. The van der Waals surface area contributed by atoms with Gasteiger partial charge in [-0.3, -0.25) is 14.2 Å². The third-order valence-corrected chi connectivity index (χ3v) is 4.26. The van der Waals surface area contributed by atoms with Gasteiger partial charge in [-0.25, -0.2) is 4.98 Å². The molecule has 0 atom stereocenters. The zero-order chi connectivity index (χ0) is 20.8.